The van der Waals surface area contributed by atoms with Crippen molar-refractivity contribution in [2.45, 2.75) is 25.7 Å². The van der Waals surface area contributed by atoms with Gasteiger partial charge in [0.1, 0.15) is 5.82 Å². The molecule has 0 saturated carbocycles. The van der Waals surface area contributed by atoms with Crippen LogP contribution in [0.4, 0.5) is 0 Å². The fraction of sp³-hybridized carbons (Fsp3) is 0.471. The highest BCUT2D eigenvalue weighted by Crippen LogP contribution is 2.36. The minimum atomic E-state index is -3.09. The van der Waals surface area contributed by atoms with Gasteiger partial charge in [-0.1, -0.05) is 0 Å². The summed E-state index contributed by atoms with van der Waals surface area (Å²) in [7, 11) is -3.09. The van der Waals surface area contributed by atoms with Crippen molar-refractivity contribution in [3.8, 4) is 22.8 Å². The number of H-pyrrole nitrogens is 1. The molecule has 0 aliphatic carbocycles. The zero-order valence-electron chi connectivity index (χ0n) is 14.1. The maximum absolute atomic E-state index is 12.0. The molecule has 1 saturated heterocycles. The summed E-state index contributed by atoms with van der Waals surface area (Å²) >= 11 is 0. The van der Waals surface area contributed by atoms with E-state index in [4.69, 9.17) is 9.47 Å². The van der Waals surface area contributed by atoms with Crippen LogP contribution in [0.25, 0.3) is 11.3 Å². The number of ether oxygens (including phenoxy) is 2. The van der Waals surface area contributed by atoms with Crippen molar-refractivity contribution in [3.05, 3.63) is 30.2 Å². The highest BCUT2D eigenvalue weighted by Gasteiger charge is 2.28. The molecular weight excluding hydrogens is 342 g/mol. The summed E-state index contributed by atoms with van der Waals surface area (Å²) in [5.74, 6) is 2.83. The predicted molar refractivity (Wildman–Crippen MR) is 93.2 cm³/mol. The van der Waals surface area contributed by atoms with Crippen LogP contribution in [0.15, 0.2) is 24.4 Å². The highest BCUT2D eigenvalue weighted by molar-refractivity contribution is 7.89. The quantitative estimate of drug-likeness (QED) is 0.901. The van der Waals surface area contributed by atoms with Crippen molar-refractivity contribution < 1.29 is 17.9 Å². The molecule has 1 N–H and O–H groups in total. The molecule has 8 heteroatoms. The van der Waals surface area contributed by atoms with Gasteiger partial charge < -0.3 is 14.5 Å². The molecule has 0 amide bonds. The number of nitrogens with one attached hydrogen (secondary N) is 1. The van der Waals surface area contributed by atoms with Crippen molar-refractivity contribution in [2.75, 3.05) is 25.6 Å². The third-order valence-corrected chi connectivity index (χ3v) is 6.76. The first-order valence-electron chi connectivity index (χ1n) is 8.49. The summed E-state index contributed by atoms with van der Waals surface area (Å²) in [5, 5.41) is 0. The molecule has 7 nitrogen and oxygen atoms in total. The Morgan fingerprint density at radius 3 is 2.76 bits per heavy atom. The number of piperidine rings is 1. The van der Waals surface area contributed by atoms with Crippen molar-refractivity contribution in [1.29, 1.82) is 0 Å². The Kier molecular flexibility index (Phi) is 4.16. The van der Waals surface area contributed by atoms with Gasteiger partial charge in [-0.3, -0.25) is 0 Å². The van der Waals surface area contributed by atoms with Gasteiger partial charge in [0.05, 0.1) is 17.6 Å². The van der Waals surface area contributed by atoms with Gasteiger partial charge in [-0.15, -0.1) is 0 Å². The Balaban J connectivity index is 1.47. The molecule has 2 aliphatic heterocycles. The summed E-state index contributed by atoms with van der Waals surface area (Å²) in [6.07, 6.45) is 3.39. The van der Waals surface area contributed by atoms with Gasteiger partial charge in [-0.05, 0) is 38.0 Å². The number of hydrogen-bond donors (Lipinski definition) is 1. The fourth-order valence-corrected chi connectivity index (χ4v) is 4.48. The van der Waals surface area contributed by atoms with Gasteiger partial charge >= 0.3 is 0 Å². The Morgan fingerprint density at radius 1 is 1.24 bits per heavy atom. The third kappa shape index (κ3) is 3.11. The van der Waals surface area contributed by atoms with Gasteiger partial charge in [-0.25, -0.2) is 17.7 Å². The normalized spacial score (nSPS) is 18.6. The fourth-order valence-electron chi connectivity index (χ4n) is 3.34. The van der Waals surface area contributed by atoms with E-state index in [2.05, 4.69) is 9.97 Å². The SMILES string of the molecule is CCS(=O)(=O)N1CCC(c2ncc(-c3ccc4c(c3)OCO4)[nH]2)CC1. The Labute approximate surface area is 147 Å². The molecule has 2 aliphatic rings. The average molecular weight is 363 g/mol. The smallest absolute Gasteiger partial charge is 0.231 e. The zero-order valence-corrected chi connectivity index (χ0v) is 14.9. The molecule has 0 spiro atoms. The van der Waals surface area contributed by atoms with Gasteiger partial charge in [-0.2, -0.15) is 0 Å². The molecule has 1 aromatic heterocycles. The van der Waals surface area contributed by atoms with E-state index in [1.54, 1.807) is 11.2 Å². The van der Waals surface area contributed by atoms with Crippen LogP contribution in [0.3, 0.4) is 0 Å². The molecule has 3 heterocycles. The van der Waals surface area contributed by atoms with Crippen LogP contribution in [-0.4, -0.2) is 48.3 Å². The van der Waals surface area contributed by atoms with E-state index in [1.165, 1.54) is 0 Å². The van der Waals surface area contributed by atoms with Crippen LogP contribution >= 0.6 is 0 Å². The largest absolute Gasteiger partial charge is 0.454 e. The Bertz CT molecular complexity index is 870. The Morgan fingerprint density at radius 2 is 2.00 bits per heavy atom. The number of aromatic amines is 1. The van der Waals surface area contributed by atoms with E-state index in [-0.39, 0.29) is 18.5 Å². The molecule has 2 aromatic rings. The first-order chi connectivity index (χ1) is 12.1. The van der Waals surface area contributed by atoms with Crippen molar-refractivity contribution >= 4 is 10.0 Å². The first kappa shape index (κ1) is 16.4. The van der Waals surface area contributed by atoms with E-state index in [0.717, 1.165) is 41.4 Å². The van der Waals surface area contributed by atoms with Crippen LogP contribution in [0, 0.1) is 0 Å². The molecule has 134 valence electrons. The van der Waals surface area contributed by atoms with Gasteiger partial charge in [0.25, 0.3) is 0 Å². The summed E-state index contributed by atoms with van der Waals surface area (Å²) in [6, 6.07) is 5.81. The van der Waals surface area contributed by atoms with E-state index in [0.29, 0.717) is 13.1 Å². The highest BCUT2D eigenvalue weighted by atomic mass is 32.2. The molecule has 0 atom stereocenters. The number of sulfonamides is 1. The second-order valence-corrected chi connectivity index (χ2v) is 8.58. The van der Waals surface area contributed by atoms with E-state index in [1.807, 2.05) is 24.4 Å². The molecule has 0 unspecified atom stereocenters. The standard InChI is InChI=1S/C17H21N3O4S/c1-2-25(21,22)20-7-5-12(6-8-20)17-18-10-14(19-17)13-3-4-15-16(9-13)24-11-23-15/h3-4,9-10,12H,2,5-8,11H2,1H3,(H,18,19). The number of hydrogen-bond acceptors (Lipinski definition) is 5. The average Bonchev–Trinajstić information content (AvgIpc) is 3.30. The van der Waals surface area contributed by atoms with E-state index in [9.17, 15) is 8.42 Å². The molecule has 1 aromatic carbocycles. The summed E-state index contributed by atoms with van der Waals surface area (Å²) in [4.78, 5) is 7.90. The molecular formula is C17H21N3O4S. The number of fused-ring (bicyclic) bond motifs is 1. The van der Waals surface area contributed by atoms with Crippen molar-refractivity contribution in [1.82, 2.24) is 14.3 Å². The lowest BCUT2D eigenvalue weighted by molar-refractivity contribution is 0.174. The lowest BCUT2D eigenvalue weighted by atomic mass is 9.97. The minimum Gasteiger partial charge on any atom is -0.454 e. The molecule has 0 bridgehead atoms. The maximum atomic E-state index is 12.0. The molecule has 0 radical (unpaired) electrons. The van der Waals surface area contributed by atoms with Crippen LogP contribution in [0.1, 0.15) is 31.5 Å². The lowest BCUT2D eigenvalue weighted by Crippen LogP contribution is -2.38. The van der Waals surface area contributed by atoms with Crippen LogP contribution in [0.5, 0.6) is 11.5 Å². The molecule has 25 heavy (non-hydrogen) atoms. The van der Waals surface area contributed by atoms with Crippen LogP contribution < -0.4 is 9.47 Å². The molecule has 1 fully saturated rings. The maximum Gasteiger partial charge on any atom is 0.231 e. The second-order valence-electron chi connectivity index (χ2n) is 6.32. The van der Waals surface area contributed by atoms with Crippen molar-refractivity contribution in [3.63, 3.8) is 0 Å². The third-order valence-electron chi connectivity index (χ3n) is 4.88. The summed E-state index contributed by atoms with van der Waals surface area (Å²) in [6.45, 7) is 3.06. The Hall–Kier alpha value is -2.06. The predicted octanol–water partition coefficient (Wildman–Crippen LogP) is 2.33. The first-order valence-corrected chi connectivity index (χ1v) is 10.1. The lowest BCUT2D eigenvalue weighted by Gasteiger charge is -2.29. The number of imidazole rings is 1. The van der Waals surface area contributed by atoms with E-state index < -0.39 is 10.0 Å². The number of benzene rings is 1. The second kappa shape index (κ2) is 6.34. The van der Waals surface area contributed by atoms with Gasteiger partial charge in [0.2, 0.25) is 16.8 Å². The number of aromatic nitrogens is 2. The topological polar surface area (TPSA) is 84.5 Å². The van der Waals surface area contributed by atoms with Crippen LogP contribution in [-0.2, 0) is 10.0 Å². The monoisotopic (exact) mass is 363 g/mol. The van der Waals surface area contributed by atoms with Crippen molar-refractivity contribution in [2.24, 2.45) is 0 Å². The minimum absolute atomic E-state index is 0.159. The number of nitrogens with zero attached hydrogens (tertiary/aromatic N) is 2. The summed E-state index contributed by atoms with van der Waals surface area (Å²) in [5.41, 5.74) is 1.92. The van der Waals surface area contributed by atoms with Gasteiger partial charge in [0.15, 0.2) is 11.5 Å². The summed E-state index contributed by atoms with van der Waals surface area (Å²) < 4.78 is 36.3. The molecule has 4 rings (SSSR count). The van der Waals surface area contributed by atoms with E-state index >= 15 is 0 Å². The van der Waals surface area contributed by atoms with Crippen LogP contribution in [0.2, 0.25) is 0 Å². The zero-order chi connectivity index (χ0) is 17.4. The van der Waals surface area contributed by atoms with Gasteiger partial charge in [0, 0.05) is 24.6 Å². The number of rotatable bonds is 4.